The molecule has 0 aliphatic heterocycles. The Kier molecular flexibility index (Phi) is 8.51. The highest BCUT2D eigenvalue weighted by atomic mass is 31.1. The van der Waals surface area contributed by atoms with Crippen molar-refractivity contribution in [1.82, 2.24) is 0 Å². The molecule has 0 saturated heterocycles. The monoisotopic (exact) mass is 422 g/mol. The molecule has 154 valence electrons. The smallest absolute Gasteiger partial charge is 0.215 e. The lowest BCUT2D eigenvalue weighted by molar-refractivity contribution is -0.0201. The fourth-order valence-corrected chi connectivity index (χ4v) is 5.00. The highest BCUT2D eigenvalue weighted by Crippen LogP contribution is 2.35. The zero-order valence-electron chi connectivity index (χ0n) is 17.3. The van der Waals surface area contributed by atoms with Gasteiger partial charge in [0, 0.05) is 35.2 Å². The maximum absolute atomic E-state index is 6.09. The Balaban J connectivity index is 1.64. The lowest BCUT2D eigenvalue weighted by atomic mass is 9.93. The van der Waals surface area contributed by atoms with E-state index in [-0.39, 0.29) is 27.3 Å². The van der Waals surface area contributed by atoms with Gasteiger partial charge in [0.2, 0.25) is 9.03 Å². The van der Waals surface area contributed by atoms with Crippen LogP contribution in [-0.4, -0.2) is 32.1 Å². The van der Waals surface area contributed by atoms with E-state index in [2.05, 4.69) is 50.8 Å². The summed E-state index contributed by atoms with van der Waals surface area (Å²) in [6.07, 6.45) is 5.29. The second kappa shape index (κ2) is 10.9. The van der Waals surface area contributed by atoms with E-state index >= 15 is 0 Å². The van der Waals surface area contributed by atoms with Crippen LogP contribution in [0.15, 0.2) is 30.3 Å². The van der Waals surface area contributed by atoms with Crippen LogP contribution in [0.1, 0.15) is 44.2 Å². The molecule has 0 heterocycles. The second-order valence-electron chi connectivity index (χ2n) is 7.28. The lowest BCUT2D eigenvalue weighted by Gasteiger charge is -2.33. The highest BCUT2D eigenvalue weighted by molar-refractivity contribution is 7.31. The van der Waals surface area contributed by atoms with Crippen LogP contribution in [-0.2, 0) is 26.6 Å². The third-order valence-corrected chi connectivity index (χ3v) is 6.74. The zero-order chi connectivity index (χ0) is 19.9. The summed E-state index contributed by atoms with van der Waals surface area (Å²) in [5, 5.41) is 2.49. The van der Waals surface area contributed by atoms with Crippen LogP contribution in [0.25, 0.3) is 10.8 Å². The molecule has 6 heteroatoms. The van der Waals surface area contributed by atoms with Gasteiger partial charge in [-0.05, 0) is 53.5 Å². The number of ether oxygens (including phenoxy) is 1. The molecular formula is C22H32O4P2. The Morgan fingerprint density at radius 1 is 0.893 bits per heavy atom. The van der Waals surface area contributed by atoms with Crippen LogP contribution in [0.4, 0.5) is 0 Å². The predicted octanol–water partition coefficient (Wildman–Crippen LogP) is 6.04. The van der Waals surface area contributed by atoms with Crippen LogP contribution in [0, 0.1) is 0 Å². The Bertz CT molecular complexity index is 768. The maximum Gasteiger partial charge on any atom is 0.215 e. The van der Waals surface area contributed by atoms with Crippen LogP contribution >= 0.6 is 17.8 Å². The first-order chi connectivity index (χ1) is 13.7. The highest BCUT2D eigenvalue weighted by Gasteiger charge is 2.30. The molecule has 5 unspecified atom stereocenters. The number of aryl methyl sites for hydroxylation is 2. The van der Waals surface area contributed by atoms with Crippen molar-refractivity contribution in [2.45, 2.75) is 64.3 Å². The molecule has 1 aliphatic rings. The number of rotatable bonds is 9. The molecule has 0 aromatic heterocycles. The van der Waals surface area contributed by atoms with E-state index in [1.54, 1.807) is 7.11 Å². The van der Waals surface area contributed by atoms with E-state index < -0.39 is 0 Å². The molecule has 0 N–H and O–H groups in total. The van der Waals surface area contributed by atoms with Crippen LogP contribution in [0.2, 0.25) is 0 Å². The van der Waals surface area contributed by atoms with Crippen molar-refractivity contribution >= 4 is 28.6 Å². The number of methoxy groups -OCH3 is 1. The van der Waals surface area contributed by atoms with Gasteiger partial charge in [-0.25, -0.2) is 0 Å². The summed E-state index contributed by atoms with van der Waals surface area (Å²) in [4.78, 5) is 0. The Morgan fingerprint density at radius 3 is 2.32 bits per heavy atom. The van der Waals surface area contributed by atoms with Gasteiger partial charge in [-0.1, -0.05) is 32.0 Å². The molecule has 0 bridgehead atoms. The van der Waals surface area contributed by atoms with E-state index in [0.29, 0.717) is 8.81 Å². The first kappa shape index (κ1) is 21.9. The third-order valence-electron chi connectivity index (χ3n) is 5.43. The van der Waals surface area contributed by atoms with Crippen molar-refractivity contribution in [3.8, 4) is 5.75 Å². The van der Waals surface area contributed by atoms with Gasteiger partial charge in [-0.3, -0.25) is 0 Å². The maximum atomic E-state index is 6.09. The molecule has 1 saturated carbocycles. The SMILES string of the molecule is CCc1ccc2cc(OPOC3CC(OC)CC(OPC)C3)c(CC)cc2c1. The summed E-state index contributed by atoms with van der Waals surface area (Å²) >= 11 is 0. The molecule has 0 amide bonds. The van der Waals surface area contributed by atoms with Crippen molar-refractivity contribution in [3.63, 3.8) is 0 Å². The minimum atomic E-state index is -0.0172. The van der Waals surface area contributed by atoms with Gasteiger partial charge >= 0.3 is 0 Å². The summed E-state index contributed by atoms with van der Waals surface area (Å²) in [6, 6.07) is 11.0. The van der Waals surface area contributed by atoms with E-state index in [1.807, 2.05) is 0 Å². The number of fused-ring (bicyclic) bond motifs is 1. The second-order valence-corrected chi connectivity index (χ2v) is 8.53. The van der Waals surface area contributed by atoms with Gasteiger partial charge in [-0.15, -0.1) is 0 Å². The molecular weight excluding hydrogens is 390 g/mol. The lowest BCUT2D eigenvalue weighted by Crippen LogP contribution is -2.35. The molecule has 1 fully saturated rings. The minimum absolute atomic E-state index is 0.0172. The van der Waals surface area contributed by atoms with E-state index in [1.165, 1.54) is 21.9 Å². The van der Waals surface area contributed by atoms with Crippen LogP contribution in [0.5, 0.6) is 5.75 Å². The van der Waals surface area contributed by atoms with Crippen molar-refractivity contribution in [2.75, 3.05) is 13.8 Å². The fourth-order valence-electron chi connectivity index (χ4n) is 3.82. The average molecular weight is 422 g/mol. The van der Waals surface area contributed by atoms with Gasteiger partial charge in [0.15, 0.2) is 0 Å². The first-order valence-electron chi connectivity index (χ1n) is 10.1. The normalized spacial score (nSPS) is 23.4. The minimum Gasteiger partial charge on any atom is -0.449 e. The van der Waals surface area contributed by atoms with Gasteiger partial charge < -0.3 is 18.3 Å². The number of benzene rings is 2. The van der Waals surface area contributed by atoms with Gasteiger partial charge in [-0.2, -0.15) is 0 Å². The van der Waals surface area contributed by atoms with Crippen LogP contribution < -0.4 is 4.52 Å². The molecule has 3 rings (SSSR count). The molecule has 2 aromatic carbocycles. The molecule has 2 aromatic rings. The quantitative estimate of drug-likeness (QED) is 0.462. The Hall–Kier alpha value is -0.760. The molecule has 0 radical (unpaired) electrons. The fraction of sp³-hybridized carbons (Fsp3) is 0.545. The summed E-state index contributed by atoms with van der Waals surface area (Å²) in [6.45, 7) is 6.42. The molecule has 1 aliphatic carbocycles. The van der Waals surface area contributed by atoms with Gasteiger partial charge in [0.1, 0.15) is 5.75 Å². The molecule has 5 atom stereocenters. The van der Waals surface area contributed by atoms with Gasteiger partial charge in [0.05, 0.1) is 18.3 Å². The number of hydrogen-bond donors (Lipinski definition) is 0. The Labute approximate surface area is 172 Å². The number of hydrogen-bond acceptors (Lipinski definition) is 4. The molecule has 28 heavy (non-hydrogen) atoms. The van der Waals surface area contributed by atoms with Crippen molar-refractivity contribution in [2.24, 2.45) is 0 Å². The summed E-state index contributed by atoms with van der Waals surface area (Å²) in [5.41, 5.74) is 2.59. The summed E-state index contributed by atoms with van der Waals surface area (Å²) in [7, 11) is 2.25. The summed E-state index contributed by atoms with van der Waals surface area (Å²) in [5.74, 6) is 0.930. The topological polar surface area (TPSA) is 36.9 Å². The van der Waals surface area contributed by atoms with E-state index in [0.717, 1.165) is 37.9 Å². The standard InChI is InChI=1S/C22H32O4P2/c1-5-15-7-8-17-11-22(16(6-2)10-18(17)9-15)26-28-25-21-13-19(23-3)12-20(14-21)24-27-4/h7-11,19-21,27-28H,5-6,12-14H2,1-4H3. The predicted molar refractivity (Wildman–Crippen MR) is 120 cm³/mol. The molecule has 0 spiro atoms. The van der Waals surface area contributed by atoms with E-state index in [9.17, 15) is 0 Å². The van der Waals surface area contributed by atoms with Crippen molar-refractivity contribution in [3.05, 3.63) is 41.5 Å². The zero-order valence-corrected chi connectivity index (χ0v) is 19.3. The van der Waals surface area contributed by atoms with E-state index in [4.69, 9.17) is 18.3 Å². The first-order valence-corrected chi connectivity index (χ1v) is 12.4. The largest absolute Gasteiger partial charge is 0.449 e. The van der Waals surface area contributed by atoms with Gasteiger partial charge in [0.25, 0.3) is 0 Å². The third kappa shape index (κ3) is 5.65. The van der Waals surface area contributed by atoms with Crippen LogP contribution in [0.3, 0.4) is 0 Å². The molecule has 4 nitrogen and oxygen atoms in total. The average Bonchev–Trinajstić information content (AvgIpc) is 2.72. The Morgan fingerprint density at radius 2 is 1.64 bits per heavy atom. The summed E-state index contributed by atoms with van der Waals surface area (Å²) < 4.78 is 23.6. The van der Waals surface area contributed by atoms with Crippen molar-refractivity contribution < 1.29 is 18.3 Å². The van der Waals surface area contributed by atoms with Crippen molar-refractivity contribution in [1.29, 1.82) is 0 Å².